The van der Waals surface area contributed by atoms with Gasteiger partial charge in [-0.1, -0.05) is 13.0 Å². The summed E-state index contributed by atoms with van der Waals surface area (Å²) in [4.78, 5) is 0. The molecular formula is C14H24N2. The molecule has 1 rings (SSSR count). The lowest BCUT2D eigenvalue weighted by molar-refractivity contribution is 0.477. The first-order valence-corrected chi connectivity index (χ1v) is 5.93. The molecule has 1 aromatic carbocycles. The topological polar surface area (TPSA) is 52.0 Å². The Balaban J connectivity index is 3.31. The molecular weight excluding hydrogens is 196 g/mol. The molecule has 0 aliphatic rings. The van der Waals surface area contributed by atoms with E-state index in [1.807, 2.05) is 0 Å². The number of hydrogen-bond donors (Lipinski definition) is 2. The molecule has 0 bridgehead atoms. The average Bonchev–Trinajstić information content (AvgIpc) is 2.25. The van der Waals surface area contributed by atoms with Crippen LogP contribution >= 0.6 is 0 Å². The maximum absolute atomic E-state index is 6.31. The van der Waals surface area contributed by atoms with E-state index in [0.717, 1.165) is 0 Å². The van der Waals surface area contributed by atoms with Crippen molar-refractivity contribution < 1.29 is 0 Å². The highest BCUT2D eigenvalue weighted by molar-refractivity contribution is 5.45. The summed E-state index contributed by atoms with van der Waals surface area (Å²) in [6.45, 7) is 11.3. The van der Waals surface area contributed by atoms with E-state index >= 15 is 0 Å². The fourth-order valence-corrected chi connectivity index (χ4v) is 2.18. The molecule has 0 heterocycles. The molecule has 0 aliphatic heterocycles. The summed E-state index contributed by atoms with van der Waals surface area (Å²) >= 11 is 0. The second-order valence-electron chi connectivity index (χ2n) is 4.91. The normalized spacial score (nSPS) is 14.9. The van der Waals surface area contributed by atoms with Gasteiger partial charge in [0.15, 0.2) is 0 Å². The second kappa shape index (κ2) is 4.98. The van der Waals surface area contributed by atoms with Crippen LogP contribution in [-0.4, -0.2) is 6.54 Å². The van der Waals surface area contributed by atoms with Crippen LogP contribution in [0, 0.1) is 33.6 Å². The highest BCUT2D eigenvalue weighted by Crippen LogP contribution is 2.29. The van der Waals surface area contributed by atoms with Crippen LogP contribution in [0.4, 0.5) is 0 Å². The zero-order valence-electron chi connectivity index (χ0n) is 11.1. The molecule has 0 saturated carbocycles. The van der Waals surface area contributed by atoms with E-state index in [1.165, 1.54) is 27.8 Å². The van der Waals surface area contributed by atoms with Crippen molar-refractivity contribution in [1.29, 1.82) is 0 Å². The van der Waals surface area contributed by atoms with Gasteiger partial charge in [-0.25, -0.2) is 0 Å². The van der Waals surface area contributed by atoms with Crippen LogP contribution in [0.3, 0.4) is 0 Å². The Morgan fingerprint density at radius 2 is 1.50 bits per heavy atom. The SMILES string of the molecule is Cc1cc(C)c(C)c(C(N)C(C)CN)c1C. The molecule has 2 unspecified atom stereocenters. The Morgan fingerprint density at radius 3 is 1.88 bits per heavy atom. The van der Waals surface area contributed by atoms with Crippen molar-refractivity contribution in [3.05, 3.63) is 33.9 Å². The first kappa shape index (κ1) is 13.2. The average molecular weight is 220 g/mol. The van der Waals surface area contributed by atoms with Crippen molar-refractivity contribution in [2.24, 2.45) is 17.4 Å². The summed E-state index contributed by atoms with van der Waals surface area (Å²) in [6, 6.07) is 2.28. The molecule has 0 saturated heterocycles. The van der Waals surface area contributed by atoms with Gasteiger partial charge in [-0.3, -0.25) is 0 Å². The lowest BCUT2D eigenvalue weighted by Gasteiger charge is -2.25. The van der Waals surface area contributed by atoms with E-state index < -0.39 is 0 Å². The second-order valence-corrected chi connectivity index (χ2v) is 4.91. The minimum absolute atomic E-state index is 0.0450. The van der Waals surface area contributed by atoms with Gasteiger partial charge in [0.25, 0.3) is 0 Å². The third-order valence-electron chi connectivity index (χ3n) is 3.74. The van der Waals surface area contributed by atoms with Crippen molar-refractivity contribution in [2.45, 2.75) is 40.7 Å². The van der Waals surface area contributed by atoms with Gasteiger partial charge in [-0.15, -0.1) is 0 Å². The maximum Gasteiger partial charge on any atom is 0.0338 e. The first-order chi connectivity index (χ1) is 7.40. The Bertz CT molecular complexity index is 357. The van der Waals surface area contributed by atoms with Crippen LogP contribution < -0.4 is 11.5 Å². The van der Waals surface area contributed by atoms with Crippen LogP contribution in [0.15, 0.2) is 6.07 Å². The summed E-state index contributed by atoms with van der Waals surface area (Å²) < 4.78 is 0. The molecule has 0 amide bonds. The van der Waals surface area contributed by atoms with Crippen molar-refractivity contribution in [3.8, 4) is 0 Å². The molecule has 2 nitrogen and oxygen atoms in total. The molecule has 4 N–H and O–H groups in total. The predicted octanol–water partition coefficient (Wildman–Crippen LogP) is 2.51. The molecule has 0 aliphatic carbocycles. The molecule has 0 radical (unpaired) electrons. The van der Waals surface area contributed by atoms with Crippen LogP contribution in [0.2, 0.25) is 0 Å². The van der Waals surface area contributed by atoms with Gasteiger partial charge in [-0.05, 0) is 68.0 Å². The van der Waals surface area contributed by atoms with E-state index in [-0.39, 0.29) is 6.04 Å². The van der Waals surface area contributed by atoms with Crippen LogP contribution in [0.25, 0.3) is 0 Å². The van der Waals surface area contributed by atoms with Gasteiger partial charge in [0.1, 0.15) is 0 Å². The van der Waals surface area contributed by atoms with Crippen LogP contribution in [0.1, 0.15) is 40.8 Å². The molecule has 1 aromatic rings. The van der Waals surface area contributed by atoms with Crippen molar-refractivity contribution in [2.75, 3.05) is 6.54 Å². The number of nitrogens with two attached hydrogens (primary N) is 2. The summed E-state index contributed by atoms with van der Waals surface area (Å²) in [6.07, 6.45) is 0. The Labute approximate surface area is 99.0 Å². The highest BCUT2D eigenvalue weighted by Gasteiger charge is 2.19. The molecule has 0 aromatic heterocycles. The van der Waals surface area contributed by atoms with E-state index in [1.54, 1.807) is 0 Å². The monoisotopic (exact) mass is 220 g/mol. The fraction of sp³-hybridized carbons (Fsp3) is 0.571. The maximum atomic E-state index is 6.31. The zero-order chi connectivity index (χ0) is 12.5. The van der Waals surface area contributed by atoms with E-state index in [2.05, 4.69) is 40.7 Å². The van der Waals surface area contributed by atoms with Gasteiger partial charge in [0, 0.05) is 6.04 Å². The third kappa shape index (κ3) is 2.28. The highest BCUT2D eigenvalue weighted by atomic mass is 14.7. The third-order valence-corrected chi connectivity index (χ3v) is 3.74. The molecule has 0 spiro atoms. The lowest BCUT2D eigenvalue weighted by atomic mass is 9.85. The van der Waals surface area contributed by atoms with Crippen molar-refractivity contribution in [1.82, 2.24) is 0 Å². The largest absolute Gasteiger partial charge is 0.330 e. The Morgan fingerprint density at radius 1 is 1.06 bits per heavy atom. The van der Waals surface area contributed by atoms with E-state index in [9.17, 15) is 0 Å². The van der Waals surface area contributed by atoms with Gasteiger partial charge in [0.2, 0.25) is 0 Å². The zero-order valence-corrected chi connectivity index (χ0v) is 11.1. The van der Waals surface area contributed by atoms with Gasteiger partial charge in [0.05, 0.1) is 0 Å². The Hall–Kier alpha value is -0.860. The lowest BCUT2D eigenvalue weighted by Crippen LogP contribution is -2.27. The molecule has 0 fully saturated rings. The standard InChI is InChI=1S/C14H24N2/c1-8-6-9(2)12(5)13(11(8)4)14(16)10(3)7-15/h6,10,14H,7,15-16H2,1-5H3. The summed E-state index contributed by atoms with van der Waals surface area (Å²) in [5, 5.41) is 0. The van der Waals surface area contributed by atoms with Crippen molar-refractivity contribution >= 4 is 0 Å². The first-order valence-electron chi connectivity index (χ1n) is 5.93. The predicted molar refractivity (Wildman–Crippen MR) is 70.5 cm³/mol. The minimum Gasteiger partial charge on any atom is -0.330 e. The quantitative estimate of drug-likeness (QED) is 0.822. The van der Waals surface area contributed by atoms with Crippen LogP contribution in [-0.2, 0) is 0 Å². The fourth-order valence-electron chi connectivity index (χ4n) is 2.18. The van der Waals surface area contributed by atoms with E-state index in [0.29, 0.717) is 12.5 Å². The van der Waals surface area contributed by atoms with Gasteiger partial charge in [-0.2, -0.15) is 0 Å². The van der Waals surface area contributed by atoms with Crippen molar-refractivity contribution in [3.63, 3.8) is 0 Å². The van der Waals surface area contributed by atoms with Crippen LogP contribution in [0.5, 0.6) is 0 Å². The van der Waals surface area contributed by atoms with Gasteiger partial charge >= 0.3 is 0 Å². The summed E-state index contributed by atoms with van der Waals surface area (Å²) in [5.41, 5.74) is 18.6. The minimum atomic E-state index is 0.0450. The Kier molecular flexibility index (Phi) is 4.11. The molecule has 90 valence electrons. The number of rotatable bonds is 3. The van der Waals surface area contributed by atoms with Gasteiger partial charge < -0.3 is 11.5 Å². The smallest absolute Gasteiger partial charge is 0.0338 e. The molecule has 2 atom stereocenters. The molecule has 16 heavy (non-hydrogen) atoms. The van der Waals surface area contributed by atoms with E-state index in [4.69, 9.17) is 11.5 Å². The summed E-state index contributed by atoms with van der Waals surface area (Å²) in [5.74, 6) is 0.318. The summed E-state index contributed by atoms with van der Waals surface area (Å²) in [7, 11) is 0. The number of aryl methyl sites for hydroxylation is 2. The molecule has 2 heteroatoms. The number of hydrogen-bond acceptors (Lipinski definition) is 2. The number of benzene rings is 1.